The summed E-state index contributed by atoms with van der Waals surface area (Å²) in [6.45, 7) is 0.378. The third-order valence-corrected chi connectivity index (χ3v) is 3.79. The average Bonchev–Trinajstić information content (AvgIpc) is 2.49. The molecule has 19 heavy (non-hydrogen) atoms. The van der Waals surface area contributed by atoms with Crippen molar-refractivity contribution in [3.8, 4) is 5.75 Å². The second-order valence-electron chi connectivity index (χ2n) is 5.03. The molecule has 1 unspecified atom stereocenters. The van der Waals surface area contributed by atoms with Crippen molar-refractivity contribution in [3.05, 3.63) is 24.5 Å². The lowest BCUT2D eigenvalue weighted by Crippen LogP contribution is -2.31. The number of esters is 1. The molecule has 1 atom stereocenters. The Bertz CT molecular complexity index is 388. The summed E-state index contributed by atoms with van der Waals surface area (Å²) in [7, 11) is 1.45. The van der Waals surface area contributed by atoms with Crippen molar-refractivity contribution in [2.75, 3.05) is 13.7 Å². The Morgan fingerprint density at radius 2 is 2.21 bits per heavy atom. The van der Waals surface area contributed by atoms with Gasteiger partial charge < -0.3 is 9.47 Å². The van der Waals surface area contributed by atoms with E-state index in [4.69, 9.17) is 9.47 Å². The van der Waals surface area contributed by atoms with Crippen molar-refractivity contribution in [3.63, 3.8) is 0 Å². The van der Waals surface area contributed by atoms with Gasteiger partial charge in [0.1, 0.15) is 12.4 Å². The fourth-order valence-corrected chi connectivity index (χ4v) is 2.70. The van der Waals surface area contributed by atoms with E-state index >= 15 is 0 Å². The van der Waals surface area contributed by atoms with Gasteiger partial charge in [0.2, 0.25) is 0 Å². The van der Waals surface area contributed by atoms with Gasteiger partial charge in [0, 0.05) is 6.20 Å². The molecule has 0 amide bonds. The first-order valence-electron chi connectivity index (χ1n) is 6.92. The smallest absolute Gasteiger partial charge is 0.312 e. The molecule has 0 spiro atoms. The SMILES string of the molecule is COC(=O)C(COc1cccnc1)C1CCCCC1. The second-order valence-corrected chi connectivity index (χ2v) is 5.03. The number of carbonyl (C=O) groups excluding carboxylic acids is 1. The van der Waals surface area contributed by atoms with Crippen LogP contribution in [0.1, 0.15) is 32.1 Å². The highest BCUT2D eigenvalue weighted by Gasteiger charge is 2.31. The number of hydrogen-bond acceptors (Lipinski definition) is 4. The van der Waals surface area contributed by atoms with Crippen LogP contribution in [0.2, 0.25) is 0 Å². The van der Waals surface area contributed by atoms with Crippen LogP contribution in [0, 0.1) is 11.8 Å². The summed E-state index contributed by atoms with van der Waals surface area (Å²) in [4.78, 5) is 15.9. The number of rotatable bonds is 5. The fourth-order valence-electron chi connectivity index (χ4n) is 2.70. The minimum atomic E-state index is -0.162. The predicted molar refractivity (Wildman–Crippen MR) is 71.8 cm³/mol. The first-order chi connectivity index (χ1) is 9.31. The number of carbonyl (C=O) groups is 1. The van der Waals surface area contributed by atoms with E-state index in [9.17, 15) is 4.79 Å². The molecular formula is C15H21NO3. The van der Waals surface area contributed by atoms with Crippen LogP contribution in [-0.2, 0) is 9.53 Å². The minimum Gasteiger partial charge on any atom is -0.491 e. The van der Waals surface area contributed by atoms with Crippen LogP contribution in [0.15, 0.2) is 24.5 Å². The van der Waals surface area contributed by atoms with Crippen molar-refractivity contribution in [1.82, 2.24) is 4.98 Å². The van der Waals surface area contributed by atoms with E-state index in [0.717, 1.165) is 12.8 Å². The van der Waals surface area contributed by atoms with Gasteiger partial charge in [-0.25, -0.2) is 0 Å². The van der Waals surface area contributed by atoms with Gasteiger partial charge in [-0.2, -0.15) is 0 Å². The van der Waals surface area contributed by atoms with Crippen LogP contribution in [0.3, 0.4) is 0 Å². The maximum atomic E-state index is 11.9. The molecule has 0 bridgehead atoms. The molecule has 1 aliphatic rings. The summed E-state index contributed by atoms with van der Waals surface area (Å²) in [5.74, 6) is 0.770. The monoisotopic (exact) mass is 263 g/mol. The first-order valence-corrected chi connectivity index (χ1v) is 6.92. The Hall–Kier alpha value is -1.58. The highest BCUT2D eigenvalue weighted by Crippen LogP contribution is 2.31. The zero-order valence-corrected chi connectivity index (χ0v) is 11.4. The summed E-state index contributed by atoms with van der Waals surface area (Å²) in [5, 5.41) is 0. The van der Waals surface area contributed by atoms with Gasteiger partial charge in [-0.3, -0.25) is 9.78 Å². The lowest BCUT2D eigenvalue weighted by molar-refractivity contribution is -0.149. The van der Waals surface area contributed by atoms with Crippen LogP contribution in [-0.4, -0.2) is 24.7 Å². The Labute approximate surface area is 114 Å². The summed E-state index contributed by atoms with van der Waals surface area (Å²) < 4.78 is 10.6. The summed E-state index contributed by atoms with van der Waals surface area (Å²) in [6, 6.07) is 3.67. The van der Waals surface area contributed by atoms with E-state index in [1.54, 1.807) is 12.4 Å². The van der Waals surface area contributed by atoms with Crippen molar-refractivity contribution >= 4 is 5.97 Å². The third-order valence-electron chi connectivity index (χ3n) is 3.79. The number of methoxy groups -OCH3 is 1. The van der Waals surface area contributed by atoms with Crippen LogP contribution in [0.5, 0.6) is 5.75 Å². The van der Waals surface area contributed by atoms with Gasteiger partial charge in [-0.15, -0.1) is 0 Å². The van der Waals surface area contributed by atoms with E-state index in [1.165, 1.54) is 26.4 Å². The zero-order valence-electron chi connectivity index (χ0n) is 11.4. The molecule has 0 radical (unpaired) electrons. The normalized spacial score (nSPS) is 17.7. The molecular weight excluding hydrogens is 242 g/mol. The van der Waals surface area contributed by atoms with E-state index in [1.807, 2.05) is 12.1 Å². The van der Waals surface area contributed by atoms with Crippen molar-refractivity contribution in [2.24, 2.45) is 11.8 Å². The largest absolute Gasteiger partial charge is 0.491 e. The fraction of sp³-hybridized carbons (Fsp3) is 0.600. The lowest BCUT2D eigenvalue weighted by atomic mass is 9.80. The van der Waals surface area contributed by atoms with E-state index in [0.29, 0.717) is 18.3 Å². The lowest BCUT2D eigenvalue weighted by Gasteiger charge is -2.28. The number of ether oxygens (including phenoxy) is 2. The Balaban J connectivity index is 1.95. The average molecular weight is 263 g/mol. The van der Waals surface area contributed by atoms with Crippen LogP contribution in [0.25, 0.3) is 0 Å². The number of nitrogens with zero attached hydrogens (tertiary/aromatic N) is 1. The molecule has 2 rings (SSSR count). The summed E-state index contributed by atoms with van der Waals surface area (Å²) in [5.41, 5.74) is 0. The molecule has 1 aliphatic carbocycles. The third kappa shape index (κ3) is 3.94. The van der Waals surface area contributed by atoms with Gasteiger partial charge in [-0.05, 0) is 30.9 Å². The summed E-state index contributed by atoms with van der Waals surface area (Å²) >= 11 is 0. The van der Waals surface area contributed by atoms with Crippen LogP contribution in [0.4, 0.5) is 0 Å². The number of pyridine rings is 1. The quantitative estimate of drug-likeness (QED) is 0.766. The topological polar surface area (TPSA) is 48.4 Å². The predicted octanol–water partition coefficient (Wildman–Crippen LogP) is 2.83. The molecule has 0 aliphatic heterocycles. The molecule has 0 saturated heterocycles. The molecule has 1 saturated carbocycles. The Morgan fingerprint density at radius 3 is 2.84 bits per heavy atom. The van der Waals surface area contributed by atoms with E-state index in [-0.39, 0.29) is 11.9 Å². The molecule has 4 heteroatoms. The molecule has 1 aromatic heterocycles. The van der Waals surface area contributed by atoms with E-state index in [2.05, 4.69) is 4.98 Å². The molecule has 4 nitrogen and oxygen atoms in total. The van der Waals surface area contributed by atoms with Gasteiger partial charge in [0.15, 0.2) is 0 Å². The number of aromatic nitrogens is 1. The highest BCUT2D eigenvalue weighted by atomic mass is 16.5. The van der Waals surface area contributed by atoms with Crippen molar-refractivity contribution in [2.45, 2.75) is 32.1 Å². The molecule has 1 aromatic rings. The number of hydrogen-bond donors (Lipinski definition) is 0. The Kier molecular flexibility index (Phi) is 5.19. The van der Waals surface area contributed by atoms with Crippen LogP contribution >= 0.6 is 0 Å². The molecule has 0 N–H and O–H groups in total. The molecule has 1 heterocycles. The molecule has 0 aromatic carbocycles. The summed E-state index contributed by atoms with van der Waals surface area (Å²) in [6.07, 6.45) is 9.22. The van der Waals surface area contributed by atoms with Gasteiger partial charge in [0.05, 0.1) is 19.2 Å². The maximum absolute atomic E-state index is 11.9. The standard InChI is InChI=1S/C15H21NO3/c1-18-15(17)14(12-6-3-2-4-7-12)11-19-13-8-5-9-16-10-13/h5,8-10,12,14H,2-4,6-7,11H2,1H3. The van der Waals surface area contributed by atoms with Gasteiger partial charge in [-0.1, -0.05) is 19.3 Å². The molecule has 1 fully saturated rings. The zero-order chi connectivity index (χ0) is 13.5. The van der Waals surface area contributed by atoms with Gasteiger partial charge in [0.25, 0.3) is 0 Å². The maximum Gasteiger partial charge on any atom is 0.312 e. The molecule has 104 valence electrons. The minimum absolute atomic E-state index is 0.157. The highest BCUT2D eigenvalue weighted by molar-refractivity contribution is 5.72. The van der Waals surface area contributed by atoms with Crippen molar-refractivity contribution in [1.29, 1.82) is 0 Å². The first kappa shape index (κ1) is 13.8. The van der Waals surface area contributed by atoms with E-state index < -0.39 is 0 Å². The Morgan fingerprint density at radius 1 is 1.42 bits per heavy atom. The van der Waals surface area contributed by atoms with Gasteiger partial charge >= 0.3 is 5.97 Å². The second kappa shape index (κ2) is 7.12. The van der Waals surface area contributed by atoms with Crippen LogP contribution < -0.4 is 4.74 Å². The van der Waals surface area contributed by atoms with Crippen molar-refractivity contribution < 1.29 is 14.3 Å².